The predicted octanol–water partition coefficient (Wildman–Crippen LogP) is 1.34. The van der Waals surface area contributed by atoms with E-state index >= 15 is 0 Å². The van der Waals surface area contributed by atoms with Crippen molar-refractivity contribution in [1.82, 2.24) is 19.4 Å². The van der Waals surface area contributed by atoms with Crippen LogP contribution in [0.5, 0.6) is 0 Å². The molecule has 0 aliphatic carbocycles. The third-order valence-corrected chi connectivity index (χ3v) is 3.64. The van der Waals surface area contributed by atoms with E-state index in [1.165, 1.54) is 0 Å². The standard InChI is InChI=1S/C15H18N4O2/c1-11-16-6-5-12(17-11)14-10-19(8-9-21-14)15(20)13-4-3-7-18(13)2/h3-7,14H,8-10H2,1-2H3/t14-/m1/s1. The summed E-state index contributed by atoms with van der Waals surface area (Å²) in [6.07, 6.45) is 3.41. The Balaban J connectivity index is 1.77. The molecule has 0 aromatic carbocycles. The molecule has 0 unspecified atom stereocenters. The molecule has 1 saturated heterocycles. The van der Waals surface area contributed by atoms with Gasteiger partial charge in [0.25, 0.3) is 5.91 Å². The number of nitrogens with zero attached hydrogens (tertiary/aromatic N) is 4. The zero-order valence-corrected chi connectivity index (χ0v) is 12.2. The smallest absolute Gasteiger partial charge is 0.270 e. The number of rotatable bonds is 2. The van der Waals surface area contributed by atoms with E-state index in [0.29, 0.717) is 31.2 Å². The SMILES string of the molecule is Cc1nccc([C@H]2CN(C(=O)c3cccn3C)CCO2)n1. The van der Waals surface area contributed by atoms with Crippen LogP contribution in [0.3, 0.4) is 0 Å². The van der Waals surface area contributed by atoms with E-state index < -0.39 is 0 Å². The third kappa shape index (κ3) is 2.80. The van der Waals surface area contributed by atoms with Crippen molar-refractivity contribution in [3.05, 3.63) is 47.8 Å². The molecule has 0 N–H and O–H groups in total. The largest absolute Gasteiger partial charge is 0.368 e. The summed E-state index contributed by atoms with van der Waals surface area (Å²) in [6.45, 7) is 3.48. The van der Waals surface area contributed by atoms with Crippen molar-refractivity contribution < 1.29 is 9.53 Å². The molecular formula is C15H18N4O2. The van der Waals surface area contributed by atoms with Crippen molar-refractivity contribution in [2.75, 3.05) is 19.7 Å². The van der Waals surface area contributed by atoms with Crippen molar-refractivity contribution >= 4 is 5.91 Å². The maximum atomic E-state index is 12.5. The van der Waals surface area contributed by atoms with Gasteiger partial charge in [0.1, 0.15) is 17.6 Å². The van der Waals surface area contributed by atoms with Crippen LogP contribution in [0, 0.1) is 6.92 Å². The molecule has 6 heteroatoms. The highest BCUT2D eigenvalue weighted by atomic mass is 16.5. The van der Waals surface area contributed by atoms with Crippen LogP contribution in [0.2, 0.25) is 0 Å². The minimum Gasteiger partial charge on any atom is -0.368 e. The first-order valence-electron chi connectivity index (χ1n) is 6.97. The van der Waals surface area contributed by atoms with E-state index in [0.717, 1.165) is 5.69 Å². The highest BCUT2D eigenvalue weighted by Gasteiger charge is 2.27. The van der Waals surface area contributed by atoms with Gasteiger partial charge in [0.15, 0.2) is 0 Å². The maximum Gasteiger partial charge on any atom is 0.270 e. The summed E-state index contributed by atoms with van der Waals surface area (Å²) in [6, 6.07) is 5.55. The Morgan fingerprint density at radius 3 is 3.00 bits per heavy atom. The van der Waals surface area contributed by atoms with Gasteiger partial charge >= 0.3 is 0 Å². The number of carbonyl (C=O) groups excluding carboxylic acids is 1. The molecule has 1 aliphatic heterocycles. The van der Waals surface area contributed by atoms with Gasteiger partial charge in [0.2, 0.25) is 0 Å². The lowest BCUT2D eigenvalue weighted by Crippen LogP contribution is -2.43. The molecule has 3 heterocycles. The summed E-state index contributed by atoms with van der Waals surface area (Å²) in [7, 11) is 1.87. The van der Waals surface area contributed by atoms with Crippen LogP contribution in [0.15, 0.2) is 30.6 Å². The second-order valence-electron chi connectivity index (χ2n) is 5.14. The second kappa shape index (κ2) is 5.65. The fraction of sp³-hybridized carbons (Fsp3) is 0.400. The Labute approximate surface area is 123 Å². The first kappa shape index (κ1) is 13.8. The van der Waals surface area contributed by atoms with Gasteiger partial charge in [-0.15, -0.1) is 0 Å². The normalized spacial score (nSPS) is 18.8. The van der Waals surface area contributed by atoms with Gasteiger partial charge in [-0.25, -0.2) is 9.97 Å². The second-order valence-corrected chi connectivity index (χ2v) is 5.14. The molecule has 1 fully saturated rings. The number of aromatic nitrogens is 3. The highest BCUT2D eigenvalue weighted by Crippen LogP contribution is 2.21. The van der Waals surface area contributed by atoms with E-state index in [1.54, 1.807) is 6.20 Å². The maximum absolute atomic E-state index is 12.5. The fourth-order valence-corrected chi connectivity index (χ4v) is 2.51. The average Bonchev–Trinajstić information content (AvgIpc) is 2.93. The molecule has 0 bridgehead atoms. The van der Waals surface area contributed by atoms with Gasteiger partial charge in [0, 0.05) is 26.0 Å². The molecule has 2 aromatic heterocycles. The number of hydrogen-bond acceptors (Lipinski definition) is 4. The molecule has 0 saturated carbocycles. The summed E-state index contributed by atoms with van der Waals surface area (Å²) in [5.74, 6) is 0.739. The van der Waals surface area contributed by atoms with Crippen LogP contribution in [0.4, 0.5) is 0 Å². The first-order valence-corrected chi connectivity index (χ1v) is 6.97. The number of aryl methyl sites for hydroxylation is 2. The van der Waals surface area contributed by atoms with E-state index in [9.17, 15) is 4.79 Å². The molecule has 21 heavy (non-hydrogen) atoms. The van der Waals surface area contributed by atoms with Crippen molar-refractivity contribution in [3.8, 4) is 0 Å². The molecule has 1 atom stereocenters. The lowest BCUT2D eigenvalue weighted by Gasteiger charge is -2.32. The van der Waals surface area contributed by atoms with Gasteiger partial charge in [-0.2, -0.15) is 0 Å². The van der Waals surface area contributed by atoms with E-state index in [4.69, 9.17) is 4.74 Å². The highest BCUT2D eigenvalue weighted by molar-refractivity contribution is 5.92. The van der Waals surface area contributed by atoms with Gasteiger partial charge in [-0.3, -0.25) is 4.79 Å². The van der Waals surface area contributed by atoms with Crippen LogP contribution in [-0.2, 0) is 11.8 Å². The number of ether oxygens (including phenoxy) is 1. The topological polar surface area (TPSA) is 60.2 Å². The Hall–Kier alpha value is -2.21. The predicted molar refractivity (Wildman–Crippen MR) is 76.8 cm³/mol. The lowest BCUT2D eigenvalue weighted by molar-refractivity contribution is -0.0251. The van der Waals surface area contributed by atoms with Crippen LogP contribution < -0.4 is 0 Å². The summed E-state index contributed by atoms with van der Waals surface area (Å²) in [5.41, 5.74) is 1.52. The van der Waals surface area contributed by atoms with Crippen LogP contribution >= 0.6 is 0 Å². The number of hydrogen-bond donors (Lipinski definition) is 0. The van der Waals surface area contributed by atoms with Gasteiger partial charge in [0.05, 0.1) is 18.8 Å². The molecule has 3 rings (SSSR count). The van der Waals surface area contributed by atoms with E-state index in [-0.39, 0.29) is 12.0 Å². The van der Waals surface area contributed by atoms with Gasteiger partial charge in [-0.05, 0) is 25.1 Å². The summed E-state index contributed by atoms with van der Waals surface area (Å²) in [4.78, 5) is 22.8. The average molecular weight is 286 g/mol. The lowest BCUT2D eigenvalue weighted by atomic mass is 10.2. The summed E-state index contributed by atoms with van der Waals surface area (Å²) < 4.78 is 7.59. The van der Waals surface area contributed by atoms with Crippen molar-refractivity contribution in [2.24, 2.45) is 7.05 Å². The van der Waals surface area contributed by atoms with E-state index in [1.807, 2.05) is 47.8 Å². The zero-order valence-electron chi connectivity index (χ0n) is 12.2. The Kier molecular flexibility index (Phi) is 3.70. The fourth-order valence-electron chi connectivity index (χ4n) is 2.51. The van der Waals surface area contributed by atoms with Crippen molar-refractivity contribution in [3.63, 3.8) is 0 Å². The Morgan fingerprint density at radius 1 is 1.43 bits per heavy atom. The molecule has 0 spiro atoms. The summed E-state index contributed by atoms with van der Waals surface area (Å²) in [5, 5.41) is 0. The number of amides is 1. The molecule has 6 nitrogen and oxygen atoms in total. The van der Waals surface area contributed by atoms with Crippen LogP contribution in [0.1, 0.15) is 28.1 Å². The molecule has 110 valence electrons. The minimum absolute atomic E-state index is 0.0292. The molecule has 1 amide bonds. The van der Waals surface area contributed by atoms with Crippen LogP contribution in [-0.4, -0.2) is 45.0 Å². The molecule has 2 aromatic rings. The molecular weight excluding hydrogens is 268 g/mol. The number of morpholine rings is 1. The van der Waals surface area contributed by atoms with Gasteiger partial charge < -0.3 is 14.2 Å². The zero-order chi connectivity index (χ0) is 14.8. The van der Waals surface area contributed by atoms with Crippen molar-refractivity contribution in [1.29, 1.82) is 0 Å². The van der Waals surface area contributed by atoms with Crippen LogP contribution in [0.25, 0.3) is 0 Å². The molecule has 0 radical (unpaired) electrons. The minimum atomic E-state index is -0.190. The molecule has 1 aliphatic rings. The van der Waals surface area contributed by atoms with Crippen molar-refractivity contribution in [2.45, 2.75) is 13.0 Å². The third-order valence-electron chi connectivity index (χ3n) is 3.64. The Bertz CT molecular complexity index is 653. The quantitative estimate of drug-likeness (QED) is 0.836. The van der Waals surface area contributed by atoms with Gasteiger partial charge in [-0.1, -0.05) is 0 Å². The van der Waals surface area contributed by atoms with E-state index in [2.05, 4.69) is 9.97 Å². The number of carbonyl (C=O) groups is 1. The monoisotopic (exact) mass is 286 g/mol. The Morgan fingerprint density at radius 2 is 2.29 bits per heavy atom. The summed E-state index contributed by atoms with van der Waals surface area (Å²) >= 11 is 0. The first-order chi connectivity index (χ1) is 10.1.